The second kappa shape index (κ2) is 9.84. The number of benzene rings is 2. The van der Waals surface area contributed by atoms with E-state index in [1.165, 1.54) is 0 Å². The summed E-state index contributed by atoms with van der Waals surface area (Å²) in [4.78, 5) is 29.4. The van der Waals surface area contributed by atoms with Crippen molar-refractivity contribution in [1.82, 2.24) is 20.8 Å². The van der Waals surface area contributed by atoms with Gasteiger partial charge in [-0.3, -0.25) is 9.59 Å². The number of amides is 2. The lowest BCUT2D eigenvalue weighted by molar-refractivity contribution is -0.122. The summed E-state index contributed by atoms with van der Waals surface area (Å²) in [6, 6.07) is 15.3. The first-order chi connectivity index (χ1) is 14.0. The van der Waals surface area contributed by atoms with E-state index in [0.717, 1.165) is 5.56 Å². The molecule has 29 heavy (non-hydrogen) atoms. The third kappa shape index (κ3) is 6.15. The van der Waals surface area contributed by atoms with Crippen LogP contribution in [-0.2, 0) is 17.6 Å². The Morgan fingerprint density at radius 3 is 2.48 bits per heavy atom. The number of aryl methyl sites for hydroxylation is 1. The highest BCUT2D eigenvalue weighted by molar-refractivity contribution is 6.30. The number of nitrogens with zero attached hydrogens (tertiary/aromatic N) is 2. The van der Waals surface area contributed by atoms with Gasteiger partial charge in [0, 0.05) is 30.0 Å². The predicted octanol–water partition coefficient (Wildman–Crippen LogP) is 2.73. The molecule has 1 unspecified atom stereocenters. The quantitative estimate of drug-likeness (QED) is 0.593. The Hall–Kier alpha value is -3.19. The first-order valence-electron chi connectivity index (χ1n) is 9.18. The number of hydrogen-bond donors (Lipinski definition) is 2. The van der Waals surface area contributed by atoms with Crippen LogP contribution >= 0.6 is 11.6 Å². The van der Waals surface area contributed by atoms with E-state index in [1.54, 1.807) is 31.2 Å². The van der Waals surface area contributed by atoms with Crippen molar-refractivity contribution in [3.63, 3.8) is 0 Å². The average molecular weight is 413 g/mol. The third-order valence-electron chi connectivity index (χ3n) is 4.22. The van der Waals surface area contributed by atoms with Gasteiger partial charge in [-0.25, -0.2) is 0 Å². The lowest BCUT2D eigenvalue weighted by Crippen LogP contribution is -2.48. The van der Waals surface area contributed by atoms with E-state index in [9.17, 15) is 9.59 Å². The molecule has 3 rings (SSSR count). The van der Waals surface area contributed by atoms with Crippen LogP contribution in [0.4, 0.5) is 0 Å². The Morgan fingerprint density at radius 1 is 1.10 bits per heavy atom. The Bertz CT molecular complexity index is 958. The molecule has 0 aliphatic rings. The molecule has 1 aromatic heterocycles. The number of halogens is 1. The third-order valence-corrected chi connectivity index (χ3v) is 4.47. The van der Waals surface area contributed by atoms with Crippen molar-refractivity contribution < 1.29 is 14.1 Å². The fourth-order valence-electron chi connectivity index (χ4n) is 2.76. The van der Waals surface area contributed by atoms with Gasteiger partial charge in [0.05, 0.1) is 0 Å². The van der Waals surface area contributed by atoms with Crippen LogP contribution in [0.1, 0.15) is 27.6 Å². The predicted molar refractivity (Wildman–Crippen MR) is 109 cm³/mol. The molecule has 0 aliphatic carbocycles. The summed E-state index contributed by atoms with van der Waals surface area (Å²) in [5.41, 5.74) is 1.37. The highest BCUT2D eigenvalue weighted by Gasteiger charge is 2.22. The van der Waals surface area contributed by atoms with E-state index in [0.29, 0.717) is 41.7 Å². The van der Waals surface area contributed by atoms with Gasteiger partial charge in [-0.1, -0.05) is 47.1 Å². The lowest BCUT2D eigenvalue weighted by Gasteiger charge is -2.18. The van der Waals surface area contributed by atoms with Gasteiger partial charge in [-0.05, 0) is 36.8 Å². The zero-order valence-corrected chi connectivity index (χ0v) is 16.6. The lowest BCUT2D eigenvalue weighted by atomic mass is 10.0. The van der Waals surface area contributed by atoms with Crippen LogP contribution in [0.2, 0.25) is 5.02 Å². The molecule has 2 N–H and O–H groups in total. The zero-order chi connectivity index (χ0) is 20.6. The maximum Gasteiger partial charge on any atom is 0.251 e. The summed E-state index contributed by atoms with van der Waals surface area (Å²) in [6.45, 7) is 2.05. The van der Waals surface area contributed by atoms with Gasteiger partial charge in [-0.15, -0.1) is 0 Å². The summed E-state index contributed by atoms with van der Waals surface area (Å²) < 4.78 is 5.04. The minimum absolute atomic E-state index is 0.285. The number of carbonyl (C=O) groups excluding carboxylic acids is 2. The number of carbonyl (C=O) groups is 2. The second-order valence-electron chi connectivity index (χ2n) is 6.50. The van der Waals surface area contributed by atoms with Gasteiger partial charge in [0.2, 0.25) is 11.8 Å². The molecule has 0 fully saturated rings. The fraction of sp³-hybridized carbons (Fsp3) is 0.238. The first-order valence-corrected chi connectivity index (χ1v) is 9.56. The molecule has 0 bridgehead atoms. The largest absolute Gasteiger partial charge is 0.354 e. The van der Waals surface area contributed by atoms with Gasteiger partial charge in [0.25, 0.3) is 5.91 Å². The number of rotatable bonds is 8. The summed E-state index contributed by atoms with van der Waals surface area (Å²) >= 11 is 5.88. The molecule has 0 spiro atoms. The van der Waals surface area contributed by atoms with Crippen LogP contribution in [0.3, 0.4) is 0 Å². The van der Waals surface area contributed by atoms with Gasteiger partial charge in [-0.2, -0.15) is 4.98 Å². The minimum Gasteiger partial charge on any atom is -0.354 e. The van der Waals surface area contributed by atoms with Crippen LogP contribution < -0.4 is 10.6 Å². The summed E-state index contributed by atoms with van der Waals surface area (Å²) in [5, 5.41) is 9.89. The molecule has 0 radical (unpaired) electrons. The first kappa shape index (κ1) is 20.5. The topological polar surface area (TPSA) is 97.1 Å². The van der Waals surface area contributed by atoms with E-state index < -0.39 is 6.04 Å². The molecule has 0 saturated heterocycles. The van der Waals surface area contributed by atoms with Gasteiger partial charge in [0.1, 0.15) is 6.04 Å². The van der Waals surface area contributed by atoms with Crippen molar-refractivity contribution >= 4 is 23.4 Å². The zero-order valence-electron chi connectivity index (χ0n) is 15.9. The molecule has 3 aromatic rings. The van der Waals surface area contributed by atoms with E-state index in [1.807, 2.05) is 30.3 Å². The van der Waals surface area contributed by atoms with Crippen molar-refractivity contribution in [3.8, 4) is 0 Å². The van der Waals surface area contributed by atoms with Gasteiger partial charge < -0.3 is 15.2 Å². The summed E-state index contributed by atoms with van der Waals surface area (Å²) in [6.07, 6.45) is 0.779. The summed E-state index contributed by atoms with van der Waals surface area (Å²) in [5.74, 6) is 0.369. The Morgan fingerprint density at radius 2 is 1.83 bits per heavy atom. The maximum absolute atomic E-state index is 12.8. The van der Waals surface area contributed by atoms with E-state index in [4.69, 9.17) is 16.1 Å². The second-order valence-corrected chi connectivity index (χ2v) is 6.94. The van der Waals surface area contributed by atoms with Crippen molar-refractivity contribution in [2.75, 3.05) is 6.54 Å². The van der Waals surface area contributed by atoms with Crippen molar-refractivity contribution in [2.24, 2.45) is 0 Å². The van der Waals surface area contributed by atoms with Crippen LogP contribution in [0.15, 0.2) is 59.1 Å². The van der Waals surface area contributed by atoms with E-state index in [2.05, 4.69) is 20.8 Å². The number of hydrogen-bond acceptors (Lipinski definition) is 5. The maximum atomic E-state index is 12.8. The van der Waals surface area contributed by atoms with Crippen molar-refractivity contribution in [2.45, 2.75) is 25.8 Å². The molecule has 1 atom stereocenters. The SMILES string of the molecule is Cc1noc(CCNC(=O)C(Cc2ccccc2)NC(=O)c2ccc(Cl)cc2)n1. The van der Waals surface area contributed by atoms with Gasteiger partial charge >= 0.3 is 0 Å². The van der Waals surface area contributed by atoms with Crippen LogP contribution in [0.25, 0.3) is 0 Å². The Kier molecular flexibility index (Phi) is 6.97. The normalized spacial score (nSPS) is 11.7. The molecular weight excluding hydrogens is 392 g/mol. The van der Waals surface area contributed by atoms with Crippen LogP contribution in [0.5, 0.6) is 0 Å². The fourth-order valence-corrected chi connectivity index (χ4v) is 2.89. The molecule has 2 amide bonds. The van der Waals surface area contributed by atoms with Crippen LogP contribution in [0, 0.1) is 6.92 Å². The highest BCUT2D eigenvalue weighted by atomic mass is 35.5. The molecule has 150 valence electrons. The smallest absolute Gasteiger partial charge is 0.251 e. The summed E-state index contributed by atoms with van der Waals surface area (Å²) in [7, 11) is 0. The molecule has 7 nitrogen and oxygen atoms in total. The Labute approximate surface area is 173 Å². The number of aromatic nitrogens is 2. The van der Waals surface area contributed by atoms with E-state index >= 15 is 0 Å². The standard InChI is InChI=1S/C21H21ClN4O3/c1-14-24-19(29-26-14)11-12-23-21(28)18(13-15-5-3-2-4-6-15)25-20(27)16-7-9-17(22)10-8-16/h2-10,18H,11-13H2,1H3,(H,23,28)(H,25,27). The van der Waals surface area contributed by atoms with Crippen molar-refractivity contribution in [1.29, 1.82) is 0 Å². The number of nitrogens with one attached hydrogen (secondary N) is 2. The van der Waals surface area contributed by atoms with Crippen molar-refractivity contribution in [3.05, 3.63) is 82.5 Å². The highest BCUT2D eigenvalue weighted by Crippen LogP contribution is 2.10. The monoisotopic (exact) mass is 412 g/mol. The minimum atomic E-state index is -0.731. The molecule has 1 heterocycles. The van der Waals surface area contributed by atoms with Crippen LogP contribution in [-0.4, -0.2) is 34.5 Å². The van der Waals surface area contributed by atoms with E-state index in [-0.39, 0.29) is 11.8 Å². The Balaban J connectivity index is 1.65. The molecule has 0 saturated carbocycles. The molecule has 8 heteroatoms. The molecule has 2 aromatic carbocycles. The molecular formula is C21H21ClN4O3. The average Bonchev–Trinajstić information content (AvgIpc) is 3.13. The molecule has 0 aliphatic heterocycles. The van der Waals surface area contributed by atoms with Gasteiger partial charge in [0.15, 0.2) is 5.82 Å².